The Balaban J connectivity index is 1.22. The molecule has 1 saturated heterocycles. The van der Waals surface area contributed by atoms with Crippen molar-refractivity contribution in [2.75, 3.05) is 44.1 Å². The summed E-state index contributed by atoms with van der Waals surface area (Å²) in [5.41, 5.74) is 2.27. The molecule has 2 aromatic carbocycles. The smallest absolute Gasteiger partial charge is 0.379 e. The van der Waals surface area contributed by atoms with Gasteiger partial charge in [-0.1, -0.05) is 29.4 Å². The van der Waals surface area contributed by atoms with Crippen molar-refractivity contribution in [1.29, 1.82) is 0 Å². The number of nitrogens with one attached hydrogen (secondary N) is 2. The standard InChI is InChI=1S/C30H32F4N8O2/c1-39-12-11-23(21(31)15-39)36-22-9-6-10-24-20(22)13-25(42(24)17-30(32,33)34)28-37-27(44-38-28)14-35-29(43)26-16-41(18-40(26)2)19-7-4-3-5-8-19/h3-10,13,16,21,23,36H,11-12,14-15,17-18H2,1-2H3,(H,35,43)/t21-,23+/m0/s1. The van der Waals surface area contributed by atoms with Crippen LogP contribution in [0.15, 0.2) is 71.0 Å². The first-order valence-electron chi connectivity index (χ1n) is 14.2. The van der Waals surface area contributed by atoms with Crippen LogP contribution in [0.3, 0.4) is 0 Å². The summed E-state index contributed by atoms with van der Waals surface area (Å²) in [6.07, 6.45) is -3.36. The fraction of sp³-hybridized carbons (Fsp3) is 0.367. The molecule has 0 spiro atoms. The zero-order valence-electron chi connectivity index (χ0n) is 24.2. The quantitative estimate of drug-likeness (QED) is 0.280. The molecule has 232 valence electrons. The van der Waals surface area contributed by atoms with Crippen LogP contribution in [-0.2, 0) is 17.9 Å². The van der Waals surface area contributed by atoms with Gasteiger partial charge in [0.1, 0.15) is 18.4 Å². The first kappa shape index (κ1) is 29.5. The second-order valence-corrected chi connectivity index (χ2v) is 11.1. The van der Waals surface area contributed by atoms with E-state index in [0.717, 1.165) is 10.3 Å². The fourth-order valence-corrected chi connectivity index (χ4v) is 5.64. The first-order chi connectivity index (χ1) is 21.1. The van der Waals surface area contributed by atoms with Crippen molar-refractivity contribution in [3.8, 4) is 11.5 Å². The average Bonchev–Trinajstić information content (AvgIpc) is 3.71. The minimum atomic E-state index is -4.53. The van der Waals surface area contributed by atoms with Gasteiger partial charge in [-0.2, -0.15) is 18.2 Å². The van der Waals surface area contributed by atoms with Crippen LogP contribution in [-0.4, -0.2) is 82.7 Å². The van der Waals surface area contributed by atoms with Gasteiger partial charge in [0.05, 0.1) is 30.5 Å². The number of likely N-dealkylation sites (N-methyl/N-ethyl adjacent to an activating group) is 1. The van der Waals surface area contributed by atoms with Crippen LogP contribution >= 0.6 is 0 Å². The number of piperidine rings is 1. The third kappa shape index (κ3) is 6.20. The number of fused-ring (bicyclic) bond motifs is 1. The highest BCUT2D eigenvalue weighted by molar-refractivity contribution is 5.96. The molecule has 0 bridgehead atoms. The van der Waals surface area contributed by atoms with Crippen molar-refractivity contribution >= 4 is 28.2 Å². The van der Waals surface area contributed by atoms with E-state index in [1.807, 2.05) is 47.2 Å². The summed E-state index contributed by atoms with van der Waals surface area (Å²) >= 11 is 0. The van der Waals surface area contributed by atoms with Crippen molar-refractivity contribution in [1.82, 2.24) is 29.8 Å². The molecule has 2 aliphatic rings. The van der Waals surface area contributed by atoms with Crippen molar-refractivity contribution in [3.63, 3.8) is 0 Å². The van der Waals surface area contributed by atoms with E-state index in [1.54, 1.807) is 42.4 Å². The van der Waals surface area contributed by atoms with Crippen LogP contribution in [0.25, 0.3) is 22.4 Å². The maximum atomic E-state index is 14.8. The molecule has 0 radical (unpaired) electrons. The molecule has 0 aliphatic carbocycles. The van der Waals surface area contributed by atoms with Gasteiger partial charge in [-0.25, -0.2) is 4.39 Å². The number of hydrogen-bond donors (Lipinski definition) is 2. The predicted molar refractivity (Wildman–Crippen MR) is 157 cm³/mol. The SMILES string of the molecule is CN1CC[C@@H](Nc2cccc3c2cc(-c2noc(CNC(=O)C4=CN(c5ccccc5)CN4C)n2)n3CC(F)(F)F)[C@@H](F)C1. The van der Waals surface area contributed by atoms with Gasteiger partial charge in [-0.15, -0.1) is 0 Å². The number of carbonyl (C=O) groups is 1. The maximum Gasteiger partial charge on any atom is 0.406 e. The molecule has 2 N–H and O–H groups in total. The molecular formula is C30H32F4N8O2. The Morgan fingerprint density at radius 2 is 1.91 bits per heavy atom. The van der Waals surface area contributed by atoms with E-state index in [-0.39, 0.29) is 36.4 Å². The fourth-order valence-electron chi connectivity index (χ4n) is 5.64. The highest BCUT2D eigenvalue weighted by Gasteiger charge is 2.32. The summed E-state index contributed by atoms with van der Waals surface area (Å²) in [6, 6.07) is 15.6. The number of aromatic nitrogens is 3. The molecule has 4 aromatic rings. The second kappa shape index (κ2) is 11.8. The van der Waals surface area contributed by atoms with Crippen molar-refractivity contribution in [2.24, 2.45) is 0 Å². The molecule has 0 unspecified atom stereocenters. The number of carbonyl (C=O) groups excluding carboxylic acids is 1. The van der Waals surface area contributed by atoms with Crippen LogP contribution in [0.2, 0.25) is 0 Å². The van der Waals surface area contributed by atoms with Crippen LogP contribution in [0.1, 0.15) is 12.3 Å². The molecule has 0 saturated carbocycles. The summed E-state index contributed by atoms with van der Waals surface area (Å²) in [5.74, 6) is -0.397. The number of likely N-dealkylation sites (tertiary alicyclic amines) is 1. The van der Waals surface area contributed by atoms with Gasteiger partial charge >= 0.3 is 6.18 Å². The molecule has 14 heteroatoms. The van der Waals surface area contributed by atoms with Gasteiger partial charge in [0.25, 0.3) is 5.91 Å². The Bertz CT molecular complexity index is 1670. The van der Waals surface area contributed by atoms with Crippen molar-refractivity contribution in [3.05, 3.63) is 72.4 Å². The van der Waals surface area contributed by atoms with Gasteiger partial charge in [0.2, 0.25) is 11.7 Å². The molecule has 44 heavy (non-hydrogen) atoms. The maximum absolute atomic E-state index is 14.8. The second-order valence-electron chi connectivity index (χ2n) is 11.1. The highest BCUT2D eigenvalue weighted by atomic mass is 19.4. The van der Waals surface area contributed by atoms with Gasteiger partial charge in [0.15, 0.2) is 0 Å². The molecule has 1 fully saturated rings. The zero-order chi connectivity index (χ0) is 31.0. The molecule has 2 atom stereocenters. The predicted octanol–water partition coefficient (Wildman–Crippen LogP) is 4.57. The lowest BCUT2D eigenvalue weighted by atomic mass is 10.0. The summed E-state index contributed by atoms with van der Waals surface area (Å²) in [7, 11) is 3.64. The van der Waals surface area contributed by atoms with Crippen molar-refractivity contribution < 1.29 is 26.9 Å². The minimum Gasteiger partial charge on any atom is -0.379 e. The van der Waals surface area contributed by atoms with E-state index in [4.69, 9.17) is 4.52 Å². The van der Waals surface area contributed by atoms with E-state index in [2.05, 4.69) is 20.8 Å². The Kier molecular flexibility index (Phi) is 7.93. The average molecular weight is 613 g/mol. The summed E-state index contributed by atoms with van der Waals surface area (Å²) in [6.45, 7) is 0.0587. The third-order valence-electron chi connectivity index (χ3n) is 7.84. The molecule has 2 aromatic heterocycles. The first-order valence-corrected chi connectivity index (χ1v) is 14.2. The van der Waals surface area contributed by atoms with Crippen molar-refractivity contribution in [2.45, 2.75) is 37.9 Å². The zero-order valence-corrected chi connectivity index (χ0v) is 24.2. The summed E-state index contributed by atoms with van der Waals surface area (Å²) in [5, 5.41) is 10.4. The monoisotopic (exact) mass is 612 g/mol. The van der Waals surface area contributed by atoms with Gasteiger partial charge < -0.3 is 34.4 Å². The lowest BCUT2D eigenvalue weighted by molar-refractivity contribution is -0.139. The minimum absolute atomic E-state index is 0.0308. The number of rotatable bonds is 8. The highest BCUT2D eigenvalue weighted by Crippen LogP contribution is 2.35. The summed E-state index contributed by atoms with van der Waals surface area (Å²) < 4.78 is 62.3. The molecular weight excluding hydrogens is 580 g/mol. The van der Waals surface area contributed by atoms with Crippen LogP contribution in [0.4, 0.5) is 28.9 Å². The topological polar surface area (TPSA) is 94.7 Å². The number of anilines is 2. The van der Waals surface area contributed by atoms with Crippen LogP contribution in [0, 0.1) is 0 Å². The van der Waals surface area contributed by atoms with Crippen LogP contribution < -0.4 is 15.5 Å². The van der Waals surface area contributed by atoms with Crippen LogP contribution in [0.5, 0.6) is 0 Å². The molecule has 10 nitrogen and oxygen atoms in total. The van der Waals surface area contributed by atoms with E-state index in [0.29, 0.717) is 41.9 Å². The van der Waals surface area contributed by atoms with Gasteiger partial charge in [0, 0.05) is 43.1 Å². The Hall–Kier alpha value is -4.59. The number of benzene rings is 2. The normalized spacial score (nSPS) is 19.5. The lowest BCUT2D eigenvalue weighted by Gasteiger charge is -2.33. The number of hydrogen-bond acceptors (Lipinski definition) is 8. The number of nitrogens with zero attached hydrogens (tertiary/aromatic N) is 6. The molecule has 4 heterocycles. The van der Waals surface area contributed by atoms with E-state index >= 15 is 0 Å². The number of halogens is 4. The van der Waals surface area contributed by atoms with Gasteiger partial charge in [-0.05, 0) is 43.8 Å². The number of alkyl halides is 4. The number of para-hydroxylation sites is 1. The Morgan fingerprint density at radius 3 is 2.66 bits per heavy atom. The van der Waals surface area contributed by atoms with E-state index in [1.165, 1.54) is 0 Å². The largest absolute Gasteiger partial charge is 0.406 e. The van der Waals surface area contributed by atoms with E-state index in [9.17, 15) is 22.4 Å². The van der Waals surface area contributed by atoms with E-state index < -0.39 is 24.9 Å². The third-order valence-corrected chi connectivity index (χ3v) is 7.84. The Labute approximate surface area is 250 Å². The van der Waals surface area contributed by atoms with Gasteiger partial charge in [-0.3, -0.25) is 4.79 Å². The molecule has 1 amide bonds. The Morgan fingerprint density at radius 1 is 1.11 bits per heavy atom. The summed E-state index contributed by atoms with van der Waals surface area (Å²) in [4.78, 5) is 22.9. The number of amides is 1. The lowest BCUT2D eigenvalue weighted by Crippen LogP contribution is -2.46. The molecule has 6 rings (SSSR count). The molecule has 2 aliphatic heterocycles.